The fourth-order valence-electron chi connectivity index (χ4n) is 4.77. The van der Waals surface area contributed by atoms with Crippen molar-refractivity contribution >= 4 is 23.2 Å². The molecule has 0 radical (unpaired) electrons. The van der Waals surface area contributed by atoms with Gasteiger partial charge in [0.05, 0.1) is 31.0 Å². The molecule has 4 unspecified atom stereocenters. The Morgan fingerprint density at radius 2 is 2.25 bits per heavy atom. The Morgan fingerprint density at radius 1 is 1.43 bits per heavy atom. The van der Waals surface area contributed by atoms with Gasteiger partial charge in [-0.05, 0) is 37.5 Å². The van der Waals surface area contributed by atoms with Gasteiger partial charge in [-0.15, -0.1) is 11.3 Å². The molecule has 2 bridgehead atoms. The molecule has 7 heteroatoms. The molecule has 1 aromatic heterocycles. The first-order chi connectivity index (χ1) is 13.6. The highest BCUT2D eigenvalue weighted by molar-refractivity contribution is 7.09. The topological polar surface area (TPSA) is 61.9 Å². The Bertz CT molecular complexity index is 746. The number of likely N-dealkylation sites (tertiary alicyclic amines) is 1. The van der Waals surface area contributed by atoms with Gasteiger partial charge in [-0.2, -0.15) is 0 Å². The van der Waals surface area contributed by atoms with Gasteiger partial charge < -0.3 is 19.9 Å². The Balaban J connectivity index is 1.38. The maximum absolute atomic E-state index is 13.1. The number of thiophene rings is 1. The van der Waals surface area contributed by atoms with Crippen molar-refractivity contribution in [3.8, 4) is 0 Å². The highest BCUT2D eigenvalue weighted by Gasteiger charge is 2.66. The van der Waals surface area contributed by atoms with Gasteiger partial charge in [0.25, 0.3) is 0 Å². The van der Waals surface area contributed by atoms with E-state index in [2.05, 4.69) is 24.1 Å². The average molecular weight is 404 g/mol. The van der Waals surface area contributed by atoms with Crippen LogP contribution in [0.4, 0.5) is 0 Å². The van der Waals surface area contributed by atoms with Gasteiger partial charge in [-0.25, -0.2) is 0 Å². The van der Waals surface area contributed by atoms with Crippen LogP contribution in [0.5, 0.6) is 0 Å². The molecule has 2 amide bonds. The van der Waals surface area contributed by atoms with Crippen molar-refractivity contribution in [2.45, 2.75) is 38.5 Å². The van der Waals surface area contributed by atoms with Crippen LogP contribution in [0.2, 0.25) is 0 Å². The van der Waals surface area contributed by atoms with E-state index in [9.17, 15) is 9.59 Å². The van der Waals surface area contributed by atoms with Gasteiger partial charge >= 0.3 is 0 Å². The van der Waals surface area contributed by atoms with Gasteiger partial charge in [0.2, 0.25) is 11.8 Å². The number of fused-ring (bicyclic) bond motifs is 1. The molecule has 4 heterocycles. The number of ether oxygens (including phenoxy) is 1. The third kappa shape index (κ3) is 3.40. The highest BCUT2D eigenvalue weighted by atomic mass is 32.1. The summed E-state index contributed by atoms with van der Waals surface area (Å²) in [5.41, 5.74) is -0.623. The van der Waals surface area contributed by atoms with E-state index in [0.717, 1.165) is 30.9 Å². The number of hydrogen-bond acceptors (Lipinski definition) is 5. The van der Waals surface area contributed by atoms with Gasteiger partial charge in [0, 0.05) is 11.4 Å². The maximum atomic E-state index is 13.1. The predicted molar refractivity (Wildman–Crippen MR) is 109 cm³/mol. The summed E-state index contributed by atoms with van der Waals surface area (Å²) in [6, 6.07) is 4.04. The monoisotopic (exact) mass is 403 g/mol. The summed E-state index contributed by atoms with van der Waals surface area (Å²) in [5.74, 6) is -0.819. The van der Waals surface area contributed by atoms with Crippen LogP contribution in [0, 0.1) is 11.8 Å². The smallest absolute Gasteiger partial charge is 0.230 e. The summed E-state index contributed by atoms with van der Waals surface area (Å²) in [7, 11) is 0. The molecule has 1 spiro atoms. The predicted octanol–water partition coefficient (Wildman–Crippen LogP) is 1.88. The molecule has 2 saturated heterocycles. The second kappa shape index (κ2) is 7.97. The minimum Gasteiger partial charge on any atom is -0.360 e. The van der Waals surface area contributed by atoms with Crippen molar-refractivity contribution in [3.63, 3.8) is 0 Å². The number of hydrogen-bond donors (Lipinski definition) is 1. The molecule has 3 aliphatic rings. The summed E-state index contributed by atoms with van der Waals surface area (Å²) < 4.78 is 6.18. The van der Waals surface area contributed by atoms with Crippen LogP contribution in [0.15, 0.2) is 29.7 Å². The molecular weight excluding hydrogens is 374 g/mol. The summed E-state index contributed by atoms with van der Waals surface area (Å²) in [4.78, 5) is 31.4. The number of carbonyl (C=O) groups excluding carboxylic acids is 2. The van der Waals surface area contributed by atoms with E-state index in [4.69, 9.17) is 4.74 Å². The van der Waals surface area contributed by atoms with E-state index in [1.807, 2.05) is 34.6 Å². The van der Waals surface area contributed by atoms with E-state index < -0.39 is 17.4 Å². The molecule has 0 aliphatic carbocycles. The molecule has 0 aromatic carbocycles. The third-order valence-corrected chi connectivity index (χ3v) is 7.11. The summed E-state index contributed by atoms with van der Waals surface area (Å²) in [6.07, 6.45) is 4.62. The zero-order chi connectivity index (χ0) is 19.7. The Labute approximate surface area is 170 Å². The van der Waals surface area contributed by atoms with Crippen LogP contribution in [-0.2, 0) is 20.9 Å². The van der Waals surface area contributed by atoms with E-state index in [-0.39, 0.29) is 17.9 Å². The van der Waals surface area contributed by atoms with Crippen LogP contribution < -0.4 is 5.32 Å². The standard InChI is InChI=1S/C21H29N3O3S/c1-3-23(4-2)11-6-10-22-19(25)17-16-8-9-21(27-16)14-24(20(26)18(17)21)13-15-7-5-12-28-15/h5,7-9,12,16-18H,3-4,6,10-11,13-14H2,1-2H3,(H,22,25). The number of rotatable bonds is 9. The fraction of sp³-hybridized carbons (Fsp3) is 0.619. The summed E-state index contributed by atoms with van der Waals surface area (Å²) >= 11 is 1.65. The Morgan fingerprint density at radius 3 is 2.96 bits per heavy atom. The molecule has 2 fully saturated rings. The molecule has 3 aliphatic heterocycles. The van der Waals surface area contributed by atoms with Crippen molar-refractivity contribution in [2.24, 2.45) is 11.8 Å². The van der Waals surface area contributed by atoms with Crippen LogP contribution in [-0.4, -0.2) is 66.0 Å². The SMILES string of the molecule is CCN(CC)CCCNC(=O)C1C2C=CC3(CN(Cc4cccs4)C(=O)C13)O2. The lowest BCUT2D eigenvalue weighted by Crippen LogP contribution is -2.44. The average Bonchev–Trinajstić information content (AvgIpc) is 3.45. The second-order valence-electron chi connectivity index (χ2n) is 7.85. The van der Waals surface area contributed by atoms with Gasteiger partial charge in [0.15, 0.2) is 0 Å². The van der Waals surface area contributed by atoms with Gasteiger partial charge in [0.1, 0.15) is 5.60 Å². The molecule has 152 valence electrons. The Hall–Kier alpha value is -1.70. The lowest BCUT2D eigenvalue weighted by Gasteiger charge is -2.24. The van der Waals surface area contributed by atoms with Crippen molar-refractivity contribution in [1.29, 1.82) is 0 Å². The fourth-order valence-corrected chi connectivity index (χ4v) is 5.49. The highest BCUT2D eigenvalue weighted by Crippen LogP contribution is 2.52. The van der Waals surface area contributed by atoms with E-state index in [1.165, 1.54) is 0 Å². The van der Waals surface area contributed by atoms with Crippen molar-refractivity contribution < 1.29 is 14.3 Å². The molecule has 4 atom stereocenters. The normalized spacial score (nSPS) is 30.5. The minimum atomic E-state index is -0.623. The van der Waals surface area contributed by atoms with E-state index in [0.29, 0.717) is 19.6 Å². The number of nitrogens with one attached hydrogen (secondary N) is 1. The van der Waals surface area contributed by atoms with Crippen molar-refractivity contribution in [2.75, 3.05) is 32.7 Å². The van der Waals surface area contributed by atoms with Crippen molar-refractivity contribution in [3.05, 3.63) is 34.5 Å². The number of amides is 2. The first-order valence-electron chi connectivity index (χ1n) is 10.3. The van der Waals surface area contributed by atoms with Crippen LogP contribution in [0.3, 0.4) is 0 Å². The minimum absolute atomic E-state index is 0.0449. The zero-order valence-corrected chi connectivity index (χ0v) is 17.4. The third-order valence-electron chi connectivity index (χ3n) is 6.25. The molecule has 0 saturated carbocycles. The lowest BCUT2D eigenvalue weighted by atomic mass is 9.77. The molecule has 1 N–H and O–H groups in total. The van der Waals surface area contributed by atoms with E-state index in [1.54, 1.807) is 11.3 Å². The van der Waals surface area contributed by atoms with Crippen LogP contribution >= 0.6 is 11.3 Å². The second-order valence-corrected chi connectivity index (χ2v) is 8.88. The summed E-state index contributed by atoms with van der Waals surface area (Å²) in [5, 5.41) is 5.07. The first kappa shape index (κ1) is 19.6. The van der Waals surface area contributed by atoms with Gasteiger partial charge in [-0.3, -0.25) is 9.59 Å². The molecule has 4 rings (SSSR count). The van der Waals surface area contributed by atoms with Crippen molar-refractivity contribution in [1.82, 2.24) is 15.1 Å². The quantitative estimate of drug-likeness (QED) is 0.505. The van der Waals surface area contributed by atoms with E-state index >= 15 is 0 Å². The number of carbonyl (C=O) groups is 2. The Kier molecular flexibility index (Phi) is 5.58. The first-order valence-corrected chi connectivity index (χ1v) is 11.1. The molecular formula is C21H29N3O3S. The maximum Gasteiger partial charge on any atom is 0.230 e. The van der Waals surface area contributed by atoms with Crippen LogP contribution in [0.25, 0.3) is 0 Å². The lowest BCUT2D eigenvalue weighted by molar-refractivity contribution is -0.137. The molecule has 6 nitrogen and oxygen atoms in total. The number of nitrogens with zero attached hydrogens (tertiary/aromatic N) is 2. The van der Waals surface area contributed by atoms with Crippen LogP contribution in [0.1, 0.15) is 25.1 Å². The van der Waals surface area contributed by atoms with Gasteiger partial charge in [-0.1, -0.05) is 32.1 Å². The summed E-state index contributed by atoms with van der Waals surface area (Å²) in [6.45, 7) is 9.07. The largest absolute Gasteiger partial charge is 0.360 e. The molecule has 28 heavy (non-hydrogen) atoms. The zero-order valence-electron chi connectivity index (χ0n) is 16.6. The molecule has 1 aromatic rings.